The molecule has 1 fully saturated rings. The summed E-state index contributed by atoms with van der Waals surface area (Å²) in [6.45, 7) is 2.08. The van der Waals surface area contributed by atoms with Crippen LogP contribution < -0.4 is 5.32 Å². The number of nitro groups is 1. The molecule has 122 valence electrons. The first-order valence-electron chi connectivity index (χ1n) is 7.70. The number of aliphatic hydroxyl groups is 1. The molecule has 0 radical (unpaired) electrons. The highest BCUT2D eigenvalue weighted by Crippen LogP contribution is 2.26. The molecule has 0 bridgehead atoms. The predicted molar refractivity (Wildman–Crippen MR) is 79.5 cm³/mol. The summed E-state index contributed by atoms with van der Waals surface area (Å²) in [6, 6.07) is -0.0128. The molecule has 1 aromatic heterocycles. The summed E-state index contributed by atoms with van der Waals surface area (Å²) in [4.78, 5) is 22.9. The van der Waals surface area contributed by atoms with Crippen LogP contribution in [0.15, 0.2) is 0 Å². The van der Waals surface area contributed by atoms with Gasteiger partial charge in [0.05, 0.1) is 4.92 Å². The van der Waals surface area contributed by atoms with Crippen molar-refractivity contribution in [1.29, 1.82) is 0 Å². The zero-order valence-electron chi connectivity index (χ0n) is 12.7. The number of aliphatic hydroxyl groups excluding tert-OH is 1. The first-order valence-corrected chi connectivity index (χ1v) is 7.70. The molecule has 0 aliphatic heterocycles. The van der Waals surface area contributed by atoms with Gasteiger partial charge in [-0.1, -0.05) is 13.3 Å². The van der Waals surface area contributed by atoms with Gasteiger partial charge in [-0.15, -0.1) is 0 Å². The van der Waals surface area contributed by atoms with Gasteiger partial charge in [-0.3, -0.25) is 20.0 Å². The Morgan fingerprint density at radius 1 is 1.45 bits per heavy atom. The van der Waals surface area contributed by atoms with Gasteiger partial charge < -0.3 is 10.4 Å². The fourth-order valence-corrected chi connectivity index (χ4v) is 2.89. The van der Waals surface area contributed by atoms with Crippen LogP contribution in [0.4, 0.5) is 5.69 Å². The Balaban J connectivity index is 2.05. The van der Waals surface area contributed by atoms with E-state index >= 15 is 0 Å². The molecule has 0 spiro atoms. The second-order valence-electron chi connectivity index (χ2n) is 5.78. The molecule has 0 saturated heterocycles. The lowest BCUT2D eigenvalue weighted by molar-refractivity contribution is -0.385. The molecule has 1 aliphatic carbocycles. The Bertz CT molecular complexity index is 535. The maximum absolute atomic E-state index is 12.3. The van der Waals surface area contributed by atoms with Crippen molar-refractivity contribution in [2.75, 3.05) is 6.61 Å². The number of hydrogen-bond donors (Lipinski definition) is 3. The van der Waals surface area contributed by atoms with Crippen molar-refractivity contribution < 1.29 is 14.8 Å². The Morgan fingerprint density at radius 3 is 2.68 bits per heavy atom. The van der Waals surface area contributed by atoms with E-state index in [0.717, 1.165) is 32.1 Å². The van der Waals surface area contributed by atoms with Gasteiger partial charge in [-0.2, -0.15) is 5.10 Å². The average Bonchev–Trinajstić information content (AvgIpc) is 2.92. The maximum Gasteiger partial charge on any atom is 0.322 e. The van der Waals surface area contributed by atoms with E-state index < -0.39 is 10.8 Å². The Kier molecular flexibility index (Phi) is 5.48. The van der Waals surface area contributed by atoms with Gasteiger partial charge in [0.25, 0.3) is 5.91 Å². The minimum atomic E-state index is -0.550. The molecule has 0 atom stereocenters. The summed E-state index contributed by atoms with van der Waals surface area (Å²) in [6.07, 6.45) is 4.47. The molecule has 1 heterocycles. The lowest BCUT2D eigenvalue weighted by Gasteiger charge is -2.27. The smallest absolute Gasteiger partial charge is 0.322 e. The van der Waals surface area contributed by atoms with Crippen LogP contribution in [0.5, 0.6) is 0 Å². The Morgan fingerprint density at radius 2 is 2.14 bits per heavy atom. The third-order valence-electron chi connectivity index (χ3n) is 4.15. The summed E-state index contributed by atoms with van der Waals surface area (Å²) in [5.74, 6) is -0.207. The number of H-pyrrole nitrogens is 1. The van der Waals surface area contributed by atoms with Crippen LogP contribution in [0, 0.1) is 16.0 Å². The quantitative estimate of drug-likeness (QED) is 0.543. The first kappa shape index (κ1) is 16.4. The van der Waals surface area contributed by atoms with Gasteiger partial charge in [0.1, 0.15) is 5.69 Å². The van der Waals surface area contributed by atoms with Crippen LogP contribution in [-0.2, 0) is 6.42 Å². The minimum absolute atomic E-state index is 0.0128. The highest BCUT2D eigenvalue weighted by atomic mass is 16.6. The van der Waals surface area contributed by atoms with E-state index in [4.69, 9.17) is 5.11 Å². The number of carbonyl (C=O) groups is 1. The van der Waals surface area contributed by atoms with Crippen molar-refractivity contribution in [3.05, 3.63) is 21.5 Å². The van der Waals surface area contributed by atoms with Gasteiger partial charge in [0, 0.05) is 12.6 Å². The van der Waals surface area contributed by atoms with E-state index in [1.54, 1.807) is 0 Å². The molecule has 1 amide bonds. The topological polar surface area (TPSA) is 121 Å². The van der Waals surface area contributed by atoms with Gasteiger partial charge >= 0.3 is 5.69 Å². The molecule has 0 aromatic carbocycles. The molecular formula is C14H22N4O4. The van der Waals surface area contributed by atoms with E-state index in [1.165, 1.54) is 0 Å². The van der Waals surface area contributed by atoms with Crippen LogP contribution in [0.25, 0.3) is 0 Å². The van der Waals surface area contributed by atoms with Crippen LogP contribution in [0.1, 0.15) is 55.2 Å². The number of carbonyl (C=O) groups excluding carboxylic acids is 1. The second-order valence-corrected chi connectivity index (χ2v) is 5.78. The lowest BCUT2D eigenvalue weighted by atomic mass is 9.86. The molecule has 8 nitrogen and oxygen atoms in total. The molecule has 2 rings (SSSR count). The predicted octanol–water partition coefficient (Wildman–Crippen LogP) is 1.55. The van der Waals surface area contributed by atoms with Crippen molar-refractivity contribution in [3.8, 4) is 0 Å². The van der Waals surface area contributed by atoms with Crippen LogP contribution in [0.2, 0.25) is 0 Å². The maximum atomic E-state index is 12.3. The largest absolute Gasteiger partial charge is 0.396 e. The van der Waals surface area contributed by atoms with Gasteiger partial charge in [-0.25, -0.2) is 0 Å². The zero-order valence-corrected chi connectivity index (χ0v) is 12.7. The number of nitrogens with zero attached hydrogens (tertiary/aromatic N) is 2. The van der Waals surface area contributed by atoms with Gasteiger partial charge in [-0.05, 0) is 38.0 Å². The standard InChI is InChI=1S/C14H22N4O4/c1-2-3-11-13(18(21)22)12(17-16-11)14(20)15-10-6-4-9(8-19)5-7-10/h9-10,19H,2-8H2,1H3,(H,15,20)(H,16,17). The normalized spacial score (nSPS) is 21.5. The molecule has 0 unspecified atom stereocenters. The fraction of sp³-hybridized carbons (Fsp3) is 0.714. The number of nitrogens with one attached hydrogen (secondary N) is 2. The lowest BCUT2D eigenvalue weighted by Crippen LogP contribution is -2.38. The van der Waals surface area contributed by atoms with Crippen molar-refractivity contribution in [3.63, 3.8) is 0 Å². The summed E-state index contributed by atoms with van der Waals surface area (Å²) in [5.41, 5.74) is 0.0303. The third kappa shape index (κ3) is 3.62. The number of rotatable bonds is 6. The highest BCUT2D eigenvalue weighted by Gasteiger charge is 2.30. The van der Waals surface area contributed by atoms with Crippen LogP contribution in [0.3, 0.4) is 0 Å². The van der Waals surface area contributed by atoms with Crippen molar-refractivity contribution in [2.45, 2.75) is 51.5 Å². The monoisotopic (exact) mass is 310 g/mol. The number of aryl methyl sites for hydroxylation is 1. The number of aromatic nitrogens is 2. The van der Waals surface area contributed by atoms with Crippen LogP contribution in [-0.4, -0.2) is 38.8 Å². The van der Waals surface area contributed by atoms with Gasteiger partial charge in [0.15, 0.2) is 0 Å². The second kappa shape index (κ2) is 7.35. The van der Waals surface area contributed by atoms with E-state index in [-0.39, 0.29) is 24.0 Å². The van der Waals surface area contributed by atoms with E-state index in [9.17, 15) is 14.9 Å². The molecule has 1 aliphatic rings. The molecule has 3 N–H and O–H groups in total. The SMILES string of the molecule is CCCc1[nH]nc(C(=O)NC2CCC(CO)CC2)c1[N+](=O)[O-]. The summed E-state index contributed by atoms with van der Waals surface area (Å²) < 4.78 is 0. The Labute approximate surface area is 128 Å². The minimum Gasteiger partial charge on any atom is -0.396 e. The Hall–Kier alpha value is -1.96. The van der Waals surface area contributed by atoms with Gasteiger partial charge in [0.2, 0.25) is 5.69 Å². The van der Waals surface area contributed by atoms with Crippen molar-refractivity contribution >= 4 is 11.6 Å². The fourth-order valence-electron chi connectivity index (χ4n) is 2.89. The zero-order chi connectivity index (χ0) is 16.1. The van der Waals surface area contributed by atoms with E-state index in [0.29, 0.717) is 18.0 Å². The summed E-state index contributed by atoms with van der Waals surface area (Å²) in [5, 5.41) is 29.6. The summed E-state index contributed by atoms with van der Waals surface area (Å²) in [7, 11) is 0. The average molecular weight is 310 g/mol. The van der Waals surface area contributed by atoms with E-state index in [2.05, 4.69) is 15.5 Å². The summed E-state index contributed by atoms with van der Waals surface area (Å²) >= 11 is 0. The number of hydrogen-bond acceptors (Lipinski definition) is 5. The molecule has 1 aromatic rings. The number of aromatic amines is 1. The molecule has 22 heavy (non-hydrogen) atoms. The molecule has 1 saturated carbocycles. The highest BCUT2D eigenvalue weighted by molar-refractivity contribution is 5.96. The van der Waals surface area contributed by atoms with Crippen molar-refractivity contribution in [1.82, 2.24) is 15.5 Å². The van der Waals surface area contributed by atoms with Crippen molar-refractivity contribution in [2.24, 2.45) is 5.92 Å². The van der Waals surface area contributed by atoms with Crippen LogP contribution >= 0.6 is 0 Å². The van der Waals surface area contributed by atoms with E-state index in [1.807, 2.05) is 6.92 Å². The number of amides is 1. The first-order chi connectivity index (χ1) is 10.6. The molecular weight excluding hydrogens is 288 g/mol. The molecule has 8 heteroatoms. The third-order valence-corrected chi connectivity index (χ3v) is 4.15.